The summed E-state index contributed by atoms with van der Waals surface area (Å²) in [5.74, 6) is 0. The van der Waals surface area contributed by atoms with Gasteiger partial charge in [0.2, 0.25) is 0 Å². The summed E-state index contributed by atoms with van der Waals surface area (Å²) in [5, 5.41) is 0. The third-order valence-corrected chi connectivity index (χ3v) is 0.979. The van der Waals surface area contributed by atoms with Crippen molar-refractivity contribution in [3.8, 4) is 0 Å². The van der Waals surface area contributed by atoms with Gasteiger partial charge >= 0.3 is 0 Å². The Morgan fingerprint density at radius 1 is 1.67 bits per heavy atom. The van der Waals surface area contributed by atoms with Crippen LogP contribution in [-0.2, 0) is 4.94 Å². The number of rotatable bonds is 4. The lowest BCUT2D eigenvalue weighted by molar-refractivity contribution is -0.132. The molecule has 0 spiro atoms. The quantitative estimate of drug-likeness (QED) is 0.539. The minimum absolute atomic E-state index is 0.0468. The van der Waals surface area contributed by atoms with E-state index in [1.165, 1.54) is 0 Å². The van der Waals surface area contributed by atoms with Gasteiger partial charge in [-0.2, -0.15) is 4.94 Å². The van der Waals surface area contributed by atoms with E-state index in [1.54, 1.807) is 6.92 Å². The molecule has 0 N–H and O–H groups in total. The van der Waals surface area contributed by atoms with Gasteiger partial charge in [0.05, 0.1) is 12.9 Å². The van der Waals surface area contributed by atoms with Crippen LogP contribution in [0.2, 0.25) is 0 Å². The van der Waals surface area contributed by atoms with Crippen LogP contribution in [0.1, 0.15) is 19.8 Å². The summed E-state index contributed by atoms with van der Waals surface area (Å²) in [7, 11) is 0. The Morgan fingerprint density at radius 3 is 2.78 bits per heavy atom. The fraction of sp³-hybridized carbons (Fsp3) is 0.667. The van der Waals surface area contributed by atoms with Crippen LogP contribution >= 0.6 is 0 Å². The van der Waals surface area contributed by atoms with E-state index in [4.69, 9.17) is 0 Å². The van der Waals surface area contributed by atoms with Crippen molar-refractivity contribution in [1.82, 2.24) is 0 Å². The lowest BCUT2D eigenvalue weighted by Crippen LogP contribution is -1.85. The van der Waals surface area contributed by atoms with Crippen LogP contribution in [0.4, 0.5) is 8.92 Å². The Morgan fingerprint density at radius 2 is 2.33 bits per heavy atom. The third-order valence-electron chi connectivity index (χ3n) is 0.979. The Labute approximate surface area is 53.2 Å². The zero-order valence-electron chi connectivity index (χ0n) is 5.36. The van der Waals surface area contributed by atoms with Gasteiger partial charge < -0.3 is 0 Å². The fourth-order valence-corrected chi connectivity index (χ4v) is 0.460. The summed E-state index contributed by atoms with van der Waals surface area (Å²) in [4.78, 5) is 3.29. The largest absolute Gasteiger partial charge is 0.216 e. The molecule has 54 valence electrons. The average molecular weight is 136 g/mol. The molecule has 0 aliphatic carbocycles. The second-order valence-electron chi connectivity index (χ2n) is 1.87. The van der Waals surface area contributed by atoms with E-state index in [0.29, 0.717) is 24.7 Å². The van der Waals surface area contributed by atoms with Crippen LogP contribution in [0.3, 0.4) is 0 Å². The normalized spacial score (nSPS) is 12.1. The molecule has 0 saturated carbocycles. The number of hydrogen-bond donors (Lipinski definition) is 0. The van der Waals surface area contributed by atoms with Crippen LogP contribution in [0.25, 0.3) is 0 Å². The van der Waals surface area contributed by atoms with Crippen molar-refractivity contribution in [1.29, 1.82) is 0 Å². The minimum Gasteiger partial charge on any atom is -0.216 e. The monoisotopic (exact) mass is 136 g/mol. The molecule has 1 nitrogen and oxygen atoms in total. The maximum absolute atomic E-state index is 11.5. The first-order valence-corrected chi connectivity index (χ1v) is 2.80. The molecule has 0 fully saturated rings. The first kappa shape index (κ1) is 8.56. The van der Waals surface area contributed by atoms with Crippen molar-refractivity contribution in [2.24, 2.45) is 0 Å². The van der Waals surface area contributed by atoms with Crippen molar-refractivity contribution >= 4 is 0 Å². The molecular formula is C6H10F2O. The molecule has 0 unspecified atom stereocenters. The van der Waals surface area contributed by atoms with Gasteiger partial charge in [-0.3, -0.25) is 0 Å². The molecule has 0 rings (SSSR count). The van der Waals surface area contributed by atoms with Crippen molar-refractivity contribution in [3.63, 3.8) is 0 Å². The summed E-state index contributed by atoms with van der Waals surface area (Å²) >= 11 is 0. The van der Waals surface area contributed by atoms with Crippen LogP contribution in [-0.4, -0.2) is 6.61 Å². The summed E-state index contributed by atoms with van der Waals surface area (Å²) < 4.78 is 22.5. The zero-order chi connectivity index (χ0) is 7.11. The molecule has 0 amide bonds. The molecule has 9 heavy (non-hydrogen) atoms. The van der Waals surface area contributed by atoms with Gasteiger partial charge in [-0.05, 0) is 29.9 Å². The van der Waals surface area contributed by atoms with E-state index in [-0.39, 0.29) is 6.61 Å². The minimum atomic E-state index is 0.0468. The van der Waals surface area contributed by atoms with Gasteiger partial charge in [0.1, 0.15) is 0 Å². The smallest absolute Gasteiger partial charge is 0.0879 e. The topological polar surface area (TPSA) is 9.23 Å². The molecule has 0 heterocycles. The van der Waals surface area contributed by atoms with E-state index >= 15 is 0 Å². The van der Waals surface area contributed by atoms with Crippen molar-refractivity contribution in [2.75, 3.05) is 6.61 Å². The van der Waals surface area contributed by atoms with Gasteiger partial charge in [-0.25, -0.2) is 4.39 Å². The van der Waals surface area contributed by atoms with Crippen LogP contribution in [0.5, 0.6) is 0 Å². The predicted octanol–water partition coefficient (Wildman–Crippen LogP) is 2.54. The number of hydrogen-bond acceptors (Lipinski definition) is 1. The standard InChI is InChI=1S/C6H10F2O/c1-6(5-7)3-2-4-9-8/h5H,2-4H2,1H3/b6-5-. The number of allylic oxidation sites excluding steroid dienone is 1. The Bertz CT molecular complexity index is 91.1. The first-order chi connectivity index (χ1) is 4.31. The Balaban J connectivity index is 3.07. The van der Waals surface area contributed by atoms with Gasteiger partial charge in [-0.15, -0.1) is 0 Å². The van der Waals surface area contributed by atoms with Crippen molar-refractivity contribution in [3.05, 3.63) is 11.9 Å². The summed E-state index contributed by atoms with van der Waals surface area (Å²) in [6, 6.07) is 0. The third kappa shape index (κ3) is 5.43. The highest BCUT2D eigenvalue weighted by molar-refractivity contribution is 4.91. The van der Waals surface area contributed by atoms with E-state index in [2.05, 4.69) is 4.94 Å². The van der Waals surface area contributed by atoms with Gasteiger partial charge in [-0.1, -0.05) is 0 Å². The molecule has 0 aliphatic rings. The highest BCUT2D eigenvalue weighted by Crippen LogP contribution is 2.03. The number of halogens is 2. The van der Waals surface area contributed by atoms with Gasteiger partial charge in [0, 0.05) is 0 Å². The summed E-state index contributed by atoms with van der Waals surface area (Å²) in [5.41, 5.74) is 0.618. The lowest BCUT2D eigenvalue weighted by atomic mass is 10.2. The highest BCUT2D eigenvalue weighted by Gasteiger charge is 1.89. The van der Waals surface area contributed by atoms with Gasteiger partial charge in [0.15, 0.2) is 0 Å². The first-order valence-electron chi connectivity index (χ1n) is 2.80. The fourth-order valence-electron chi connectivity index (χ4n) is 0.460. The Hall–Kier alpha value is -0.440. The molecule has 0 saturated heterocycles. The molecule has 0 radical (unpaired) electrons. The molecule has 0 aromatic carbocycles. The average Bonchev–Trinajstić information content (AvgIpc) is 1.89. The van der Waals surface area contributed by atoms with Gasteiger partial charge in [0.25, 0.3) is 0 Å². The predicted molar refractivity (Wildman–Crippen MR) is 31.2 cm³/mol. The van der Waals surface area contributed by atoms with Crippen LogP contribution < -0.4 is 0 Å². The summed E-state index contributed by atoms with van der Waals surface area (Å²) in [6.45, 7) is 1.70. The van der Waals surface area contributed by atoms with Crippen LogP contribution in [0.15, 0.2) is 11.9 Å². The molecule has 0 aromatic rings. The summed E-state index contributed by atoms with van der Waals surface area (Å²) in [6.07, 6.45) is 1.61. The van der Waals surface area contributed by atoms with Crippen LogP contribution in [0, 0.1) is 0 Å². The maximum Gasteiger partial charge on any atom is 0.0879 e. The molecule has 0 bridgehead atoms. The molecule has 0 aromatic heterocycles. The molecule has 0 aliphatic heterocycles. The lowest BCUT2D eigenvalue weighted by Gasteiger charge is -1.94. The second-order valence-corrected chi connectivity index (χ2v) is 1.87. The SMILES string of the molecule is C/C(=C/F)CCCOF. The van der Waals surface area contributed by atoms with E-state index in [9.17, 15) is 8.92 Å². The van der Waals surface area contributed by atoms with E-state index in [0.717, 1.165) is 0 Å². The second kappa shape index (κ2) is 5.69. The molecule has 0 atom stereocenters. The molecular weight excluding hydrogens is 126 g/mol. The maximum atomic E-state index is 11.5. The van der Waals surface area contributed by atoms with E-state index < -0.39 is 0 Å². The molecule has 3 heteroatoms. The van der Waals surface area contributed by atoms with Crippen molar-refractivity contribution in [2.45, 2.75) is 19.8 Å². The zero-order valence-corrected chi connectivity index (χ0v) is 5.36. The van der Waals surface area contributed by atoms with E-state index in [1.807, 2.05) is 0 Å². The van der Waals surface area contributed by atoms with Crippen molar-refractivity contribution < 1.29 is 13.9 Å². The highest BCUT2D eigenvalue weighted by atomic mass is 19.3. The Kier molecular flexibility index (Phi) is 5.41.